The zero-order valence-electron chi connectivity index (χ0n) is 9.88. The molecule has 0 bridgehead atoms. The molecule has 16 heavy (non-hydrogen) atoms. The van der Waals surface area contributed by atoms with Crippen molar-refractivity contribution in [2.24, 2.45) is 0 Å². The minimum Gasteiger partial charge on any atom is -0.494 e. The maximum Gasteiger partial charge on any atom is 0.166 e. The van der Waals surface area contributed by atoms with Crippen LogP contribution in [0, 0.1) is 17.1 Å². The summed E-state index contributed by atoms with van der Waals surface area (Å²) in [6.45, 7) is 4.13. The van der Waals surface area contributed by atoms with E-state index in [9.17, 15) is 4.39 Å². The molecule has 0 aliphatic heterocycles. The molecule has 0 aliphatic carbocycles. The van der Waals surface area contributed by atoms with Gasteiger partial charge in [-0.2, -0.15) is 5.26 Å². The standard InChI is InChI=1S/C13H16FNO/c1-4-5-9(2)11-7-13(16-3)12(14)6-10(11)8-15/h6-7,9H,4-5H2,1-3H3. The Kier molecular flexibility index (Phi) is 4.30. The van der Waals surface area contributed by atoms with Gasteiger partial charge in [0.15, 0.2) is 11.6 Å². The molecule has 1 atom stereocenters. The molecule has 3 heteroatoms. The molecule has 1 rings (SSSR count). The lowest BCUT2D eigenvalue weighted by Gasteiger charge is -2.14. The van der Waals surface area contributed by atoms with Crippen LogP contribution < -0.4 is 4.74 Å². The summed E-state index contributed by atoms with van der Waals surface area (Å²) in [6.07, 6.45) is 2.01. The van der Waals surface area contributed by atoms with Gasteiger partial charge >= 0.3 is 0 Å². The fourth-order valence-corrected chi connectivity index (χ4v) is 1.82. The Hall–Kier alpha value is -1.56. The van der Waals surface area contributed by atoms with Crippen LogP contribution in [0.2, 0.25) is 0 Å². The van der Waals surface area contributed by atoms with E-state index in [0.29, 0.717) is 5.56 Å². The molecule has 2 nitrogen and oxygen atoms in total. The fourth-order valence-electron chi connectivity index (χ4n) is 1.82. The summed E-state index contributed by atoms with van der Waals surface area (Å²) in [5.74, 6) is -0.0300. The van der Waals surface area contributed by atoms with E-state index >= 15 is 0 Å². The highest BCUT2D eigenvalue weighted by molar-refractivity contribution is 5.45. The number of hydrogen-bond acceptors (Lipinski definition) is 2. The van der Waals surface area contributed by atoms with Crippen LogP contribution in [0.15, 0.2) is 12.1 Å². The van der Waals surface area contributed by atoms with Crippen LogP contribution in [-0.2, 0) is 0 Å². The lowest BCUT2D eigenvalue weighted by atomic mass is 9.92. The van der Waals surface area contributed by atoms with Crippen LogP contribution in [0.3, 0.4) is 0 Å². The summed E-state index contributed by atoms with van der Waals surface area (Å²) in [5.41, 5.74) is 1.27. The highest BCUT2D eigenvalue weighted by Crippen LogP contribution is 2.29. The number of rotatable bonds is 4. The topological polar surface area (TPSA) is 33.0 Å². The molecule has 0 aliphatic rings. The molecular weight excluding hydrogens is 205 g/mol. The maximum absolute atomic E-state index is 13.4. The third-order valence-electron chi connectivity index (χ3n) is 2.70. The average molecular weight is 221 g/mol. The van der Waals surface area contributed by atoms with E-state index in [1.165, 1.54) is 13.2 Å². The molecule has 0 N–H and O–H groups in total. The van der Waals surface area contributed by atoms with Gasteiger partial charge in [-0.1, -0.05) is 20.3 Å². The number of nitriles is 1. The van der Waals surface area contributed by atoms with E-state index in [0.717, 1.165) is 18.4 Å². The Balaban J connectivity index is 3.20. The number of methoxy groups -OCH3 is 1. The van der Waals surface area contributed by atoms with Gasteiger partial charge in [0.1, 0.15) is 0 Å². The first-order valence-corrected chi connectivity index (χ1v) is 5.41. The van der Waals surface area contributed by atoms with Gasteiger partial charge in [-0.25, -0.2) is 4.39 Å². The van der Waals surface area contributed by atoms with Crippen LogP contribution in [-0.4, -0.2) is 7.11 Å². The highest BCUT2D eigenvalue weighted by atomic mass is 19.1. The van der Waals surface area contributed by atoms with Crippen molar-refractivity contribution in [3.63, 3.8) is 0 Å². The van der Waals surface area contributed by atoms with Gasteiger partial charge in [0.05, 0.1) is 18.7 Å². The van der Waals surface area contributed by atoms with E-state index in [4.69, 9.17) is 10.00 Å². The van der Waals surface area contributed by atoms with Gasteiger partial charge in [0.25, 0.3) is 0 Å². The molecular formula is C13H16FNO. The zero-order chi connectivity index (χ0) is 12.1. The van der Waals surface area contributed by atoms with Crippen molar-refractivity contribution in [1.82, 2.24) is 0 Å². The molecule has 0 spiro atoms. The Morgan fingerprint density at radius 3 is 2.69 bits per heavy atom. The third kappa shape index (κ3) is 2.52. The van der Waals surface area contributed by atoms with Crippen LogP contribution >= 0.6 is 0 Å². The normalized spacial score (nSPS) is 11.9. The Labute approximate surface area is 95.7 Å². The molecule has 0 saturated heterocycles. The predicted molar refractivity (Wildman–Crippen MR) is 61.0 cm³/mol. The van der Waals surface area contributed by atoms with Gasteiger partial charge in [0, 0.05) is 0 Å². The molecule has 0 aromatic heterocycles. The van der Waals surface area contributed by atoms with Gasteiger partial charge < -0.3 is 4.74 Å². The van der Waals surface area contributed by atoms with Crippen LogP contribution in [0.4, 0.5) is 4.39 Å². The number of hydrogen-bond donors (Lipinski definition) is 0. The first kappa shape index (κ1) is 12.5. The molecule has 1 aromatic carbocycles. The van der Waals surface area contributed by atoms with Crippen LogP contribution in [0.1, 0.15) is 43.7 Å². The average Bonchev–Trinajstić information content (AvgIpc) is 2.28. The minimum atomic E-state index is -0.480. The van der Waals surface area contributed by atoms with Crippen molar-refractivity contribution >= 4 is 0 Å². The first-order chi connectivity index (χ1) is 7.63. The highest BCUT2D eigenvalue weighted by Gasteiger charge is 2.14. The lowest BCUT2D eigenvalue weighted by molar-refractivity contribution is 0.385. The zero-order valence-corrected chi connectivity index (χ0v) is 9.88. The second kappa shape index (κ2) is 5.50. The van der Waals surface area contributed by atoms with Crippen molar-refractivity contribution < 1.29 is 9.13 Å². The van der Waals surface area contributed by atoms with Gasteiger partial charge in [-0.3, -0.25) is 0 Å². The monoisotopic (exact) mass is 221 g/mol. The summed E-state index contributed by atoms with van der Waals surface area (Å²) < 4.78 is 18.3. The Morgan fingerprint density at radius 2 is 2.19 bits per heavy atom. The van der Waals surface area contributed by atoms with E-state index in [1.54, 1.807) is 6.07 Å². The van der Waals surface area contributed by atoms with Crippen molar-refractivity contribution in [3.05, 3.63) is 29.1 Å². The maximum atomic E-state index is 13.4. The second-order valence-electron chi connectivity index (χ2n) is 3.88. The lowest BCUT2D eigenvalue weighted by Crippen LogP contribution is -2.00. The molecule has 1 unspecified atom stereocenters. The molecule has 0 radical (unpaired) electrons. The minimum absolute atomic E-state index is 0.206. The number of ether oxygens (including phenoxy) is 1. The quantitative estimate of drug-likeness (QED) is 0.778. The summed E-state index contributed by atoms with van der Waals surface area (Å²) in [5, 5.41) is 8.97. The molecule has 1 aromatic rings. The smallest absolute Gasteiger partial charge is 0.166 e. The summed E-state index contributed by atoms with van der Waals surface area (Å²) in [7, 11) is 1.43. The van der Waals surface area contributed by atoms with Gasteiger partial charge in [-0.05, 0) is 30.0 Å². The van der Waals surface area contributed by atoms with Crippen LogP contribution in [0.25, 0.3) is 0 Å². The van der Waals surface area contributed by atoms with Gasteiger partial charge in [0.2, 0.25) is 0 Å². The van der Waals surface area contributed by atoms with E-state index in [-0.39, 0.29) is 11.7 Å². The SMILES string of the molecule is CCCC(C)c1cc(OC)c(F)cc1C#N. The number of nitrogens with zero attached hydrogens (tertiary/aromatic N) is 1. The van der Waals surface area contributed by atoms with E-state index in [2.05, 4.69) is 6.92 Å². The largest absolute Gasteiger partial charge is 0.494 e. The van der Waals surface area contributed by atoms with Crippen molar-refractivity contribution in [1.29, 1.82) is 5.26 Å². The molecule has 0 amide bonds. The van der Waals surface area contributed by atoms with Crippen molar-refractivity contribution in [2.75, 3.05) is 7.11 Å². The second-order valence-corrected chi connectivity index (χ2v) is 3.88. The first-order valence-electron chi connectivity index (χ1n) is 5.41. The summed E-state index contributed by atoms with van der Waals surface area (Å²) in [4.78, 5) is 0. The van der Waals surface area contributed by atoms with E-state index < -0.39 is 5.82 Å². The van der Waals surface area contributed by atoms with Gasteiger partial charge in [-0.15, -0.1) is 0 Å². The predicted octanol–water partition coefficient (Wildman–Crippen LogP) is 3.61. The van der Waals surface area contributed by atoms with Crippen LogP contribution in [0.5, 0.6) is 5.75 Å². The summed E-state index contributed by atoms with van der Waals surface area (Å²) in [6, 6.07) is 4.91. The van der Waals surface area contributed by atoms with Crippen molar-refractivity contribution in [2.45, 2.75) is 32.6 Å². The molecule has 0 heterocycles. The molecule has 86 valence electrons. The van der Waals surface area contributed by atoms with Crippen molar-refractivity contribution in [3.8, 4) is 11.8 Å². The fraction of sp³-hybridized carbons (Fsp3) is 0.462. The molecule has 0 saturated carbocycles. The Bertz CT molecular complexity index is 409. The third-order valence-corrected chi connectivity index (χ3v) is 2.70. The van der Waals surface area contributed by atoms with E-state index in [1.807, 2.05) is 13.0 Å². The number of benzene rings is 1. The molecule has 0 fully saturated rings. The number of halogens is 1. The Morgan fingerprint density at radius 1 is 1.50 bits per heavy atom. The summed E-state index contributed by atoms with van der Waals surface area (Å²) >= 11 is 0.